The summed E-state index contributed by atoms with van der Waals surface area (Å²) in [6.07, 6.45) is 6.31. The molecular formula is C15H33N3. The molecular weight excluding hydrogens is 222 g/mol. The Balaban J connectivity index is 2.54. The van der Waals surface area contributed by atoms with E-state index in [0.29, 0.717) is 0 Å². The van der Waals surface area contributed by atoms with Crippen molar-refractivity contribution < 1.29 is 0 Å². The first-order valence-corrected chi connectivity index (χ1v) is 7.89. The molecule has 3 heteroatoms. The standard InChI is InChI=1S/C15H33N3/c1-4-7-8-15(6-3,14-16)18-12-10-17(9-5-2)11-13-18/h4-14,16H2,1-3H3. The molecule has 108 valence electrons. The van der Waals surface area contributed by atoms with Gasteiger partial charge in [0.05, 0.1) is 0 Å². The summed E-state index contributed by atoms with van der Waals surface area (Å²) in [7, 11) is 0. The first-order chi connectivity index (χ1) is 8.72. The highest BCUT2D eigenvalue weighted by Gasteiger charge is 2.34. The molecule has 0 saturated carbocycles. The van der Waals surface area contributed by atoms with Crippen molar-refractivity contribution in [2.75, 3.05) is 39.3 Å². The van der Waals surface area contributed by atoms with Gasteiger partial charge < -0.3 is 10.6 Å². The zero-order chi connectivity index (χ0) is 13.4. The van der Waals surface area contributed by atoms with Crippen LogP contribution in [-0.4, -0.2) is 54.6 Å². The molecule has 1 rings (SSSR count). The summed E-state index contributed by atoms with van der Waals surface area (Å²) in [6.45, 7) is 13.8. The van der Waals surface area contributed by atoms with E-state index >= 15 is 0 Å². The molecule has 0 amide bonds. The fraction of sp³-hybridized carbons (Fsp3) is 1.00. The van der Waals surface area contributed by atoms with Gasteiger partial charge in [-0.3, -0.25) is 4.90 Å². The van der Waals surface area contributed by atoms with E-state index in [9.17, 15) is 0 Å². The maximum atomic E-state index is 6.13. The quantitative estimate of drug-likeness (QED) is 0.722. The third-order valence-corrected chi connectivity index (χ3v) is 4.62. The number of rotatable bonds is 8. The molecule has 1 aliphatic rings. The Labute approximate surface area is 114 Å². The summed E-state index contributed by atoms with van der Waals surface area (Å²) in [5, 5.41) is 0. The highest BCUT2D eigenvalue weighted by Crippen LogP contribution is 2.26. The SMILES string of the molecule is CCCCC(CC)(CN)N1CCN(CCC)CC1. The van der Waals surface area contributed by atoms with Crippen LogP contribution in [0.5, 0.6) is 0 Å². The Morgan fingerprint density at radius 2 is 1.67 bits per heavy atom. The van der Waals surface area contributed by atoms with Gasteiger partial charge in [-0.2, -0.15) is 0 Å². The van der Waals surface area contributed by atoms with Crippen LogP contribution in [0.3, 0.4) is 0 Å². The minimum Gasteiger partial charge on any atom is -0.329 e. The van der Waals surface area contributed by atoms with Gasteiger partial charge in [0.1, 0.15) is 0 Å². The lowest BCUT2D eigenvalue weighted by molar-refractivity contribution is 0.0266. The third kappa shape index (κ3) is 3.94. The second-order valence-corrected chi connectivity index (χ2v) is 5.71. The zero-order valence-electron chi connectivity index (χ0n) is 12.7. The average molecular weight is 255 g/mol. The Morgan fingerprint density at radius 1 is 1.00 bits per heavy atom. The van der Waals surface area contributed by atoms with Crippen LogP contribution in [0.15, 0.2) is 0 Å². The monoisotopic (exact) mass is 255 g/mol. The van der Waals surface area contributed by atoms with Gasteiger partial charge >= 0.3 is 0 Å². The highest BCUT2D eigenvalue weighted by atomic mass is 15.3. The summed E-state index contributed by atoms with van der Waals surface area (Å²) in [6, 6.07) is 0. The largest absolute Gasteiger partial charge is 0.329 e. The highest BCUT2D eigenvalue weighted by molar-refractivity contribution is 4.93. The molecule has 2 N–H and O–H groups in total. The zero-order valence-corrected chi connectivity index (χ0v) is 12.7. The number of unbranched alkanes of at least 4 members (excludes halogenated alkanes) is 1. The first-order valence-electron chi connectivity index (χ1n) is 7.89. The van der Waals surface area contributed by atoms with Crippen LogP contribution in [0.2, 0.25) is 0 Å². The number of nitrogens with zero attached hydrogens (tertiary/aromatic N) is 2. The maximum Gasteiger partial charge on any atom is 0.0330 e. The molecule has 1 saturated heterocycles. The van der Waals surface area contributed by atoms with Crippen LogP contribution < -0.4 is 5.73 Å². The second kappa shape index (κ2) is 8.13. The van der Waals surface area contributed by atoms with Gasteiger partial charge in [-0.05, 0) is 25.8 Å². The molecule has 0 aromatic heterocycles. The Bertz CT molecular complexity index is 206. The minimum atomic E-state index is 0.272. The van der Waals surface area contributed by atoms with Crippen molar-refractivity contribution in [3.8, 4) is 0 Å². The minimum absolute atomic E-state index is 0.272. The first kappa shape index (κ1) is 15.9. The smallest absolute Gasteiger partial charge is 0.0330 e. The van der Waals surface area contributed by atoms with Crippen molar-refractivity contribution in [1.29, 1.82) is 0 Å². The normalized spacial score (nSPS) is 22.0. The molecule has 1 atom stereocenters. The maximum absolute atomic E-state index is 6.13. The predicted molar refractivity (Wildman–Crippen MR) is 79.9 cm³/mol. The van der Waals surface area contributed by atoms with Crippen LogP contribution in [0.25, 0.3) is 0 Å². The van der Waals surface area contributed by atoms with Gasteiger partial charge in [-0.1, -0.05) is 33.6 Å². The molecule has 1 heterocycles. The number of hydrogen-bond acceptors (Lipinski definition) is 3. The lowest BCUT2D eigenvalue weighted by Crippen LogP contribution is -2.60. The molecule has 0 aromatic carbocycles. The number of hydrogen-bond donors (Lipinski definition) is 1. The summed E-state index contributed by atoms with van der Waals surface area (Å²) in [4.78, 5) is 5.27. The van der Waals surface area contributed by atoms with Gasteiger partial charge in [0.15, 0.2) is 0 Å². The third-order valence-electron chi connectivity index (χ3n) is 4.62. The molecule has 3 nitrogen and oxygen atoms in total. The molecule has 0 bridgehead atoms. The Kier molecular flexibility index (Phi) is 7.20. The molecule has 18 heavy (non-hydrogen) atoms. The number of nitrogens with two attached hydrogens (primary N) is 1. The average Bonchev–Trinajstić information content (AvgIpc) is 2.42. The van der Waals surface area contributed by atoms with Crippen LogP contribution in [0, 0.1) is 0 Å². The van der Waals surface area contributed by atoms with Gasteiger partial charge in [-0.15, -0.1) is 0 Å². The predicted octanol–water partition coefficient (Wildman–Crippen LogP) is 2.31. The molecule has 1 fully saturated rings. The van der Waals surface area contributed by atoms with E-state index < -0.39 is 0 Å². The van der Waals surface area contributed by atoms with E-state index in [1.807, 2.05) is 0 Å². The molecule has 1 unspecified atom stereocenters. The van der Waals surface area contributed by atoms with E-state index in [4.69, 9.17) is 5.73 Å². The summed E-state index contributed by atoms with van der Waals surface area (Å²) in [5.74, 6) is 0. The van der Waals surface area contributed by atoms with Crippen molar-refractivity contribution in [3.63, 3.8) is 0 Å². The fourth-order valence-corrected chi connectivity index (χ4v) is 3.20. The van der Waals surface area contributed by atoms with E-state index in [0.717, 1.165) is 6.54 Å². The van der Waals surface area contributed by atoms with Gasteiger partial charge in [0, 0.05) is 38.3 Å². The fourth-order valence-electron chi connectivity index (χ4n) is 3.20. The second-order valence-electron chi connectivity index (χ2n) is 5.71. The van der Waals surface area contributed by atoms with Crippen LogP contribution in [0.4, 0.5) is 0 Å². The topological polar surface area (TPSA) is 32.5 Å². The van der Waals surface area contributed by atoms with Gasteiger partial charge in [-0.25, -0.2) is 0 Å². The Morgan fingerprint density at radius 3 is 2.11 bits per heavy atom. The van der Waals surface area contributed by atoms with Crippen molar-refractivity contribution >= 4 is 0 Å². The van der Waals surface area contributed by atoms with Crippen LogP contribution in [-0.2, 0) is 0 Å². The van der Waals surface area contributed by atoms with Crippen molar-refractivity contribution in [1.82, 2.24) is 9.80 Å². The molecule has 0 aromatic rings. The molecule has 1 aliphatic heterocycles. The lowest BCUT2D eigenvalue weighted by Gasteiger charge is -2.47. The Hall–Kier alpha value is -0.120. The van der Waals surface area contributed by atoms with E-state index in [1.54, 1.807) is 0 Å². The van der Waals surface area contributed by atoms with Crippen LogP contribution >= 0.6 is 0 Å². The summed E-state index contributed by atoms with van der Waals surface area (Å²) >= 11 is 0. The van der Waals surface area contributed by atoms with Crippen LogP contribution in [0.1, 0.15) is 52.9 Å². The van der Waals surface area contributed by atoms with Gasteiger partial charge in [0.2, 0.25) is 0 Å². The molecule has 0 spiro atoms. The molecule has 0 aliphatic carbocycles. The van der Waals surface area contributed by atoms with Crippen molar-refractivity contribution in [2.24, 2.45) is 5.73 Å². The number of piperazine rings is 1. The molecule has 0 radical (unpaired) electrons. The van der Waals surface area contributed by atoms with E-state index in [1.165, 1.54) is 64.8 Å². The lowest BCUT2D eigenvalue weighted by atomic mass is 9.87. The van der Waals surface area contributed by atoms with E-state index in [-0.39, 0.29) is 5.54 Å². The van der Waals surface area contributed by atoms with Crippen molar-refractivity contribution in [3.05, 3.63) is 0 Å². The summed E-state index contributed by atoms with van der Waals surface area (Å²) in [5.41, 5.74) is 6.40. The van der Waals surface area contributed by atoms with E-state index in [2.05, 4.69) is 30.6 Å². The van der Waals surface area contributed by atoms with Gasteiger partial charge in [0.25, 0.3) is 0 Å². The summed E-state index contributed by atoms with van der Waals surface area (Å²) < 4.78 is 0. The van der Waals surface area contributed by atoms with Crippen molar-refractivity contribution in [2.45, 2.75) is 58.4 Å².